The van der Waals surface area contributed by atoms with Crippen molar-refractivity contribution in [2.45, 2.75) is 19.6 Å². The van der Waals surface area contributed by atoms with Gasteiger partial charge in [-0.25, -0.2) is 13.8 Å². The Bertz CT molecular complexity index is 1350. The van der Waals surface area contributed by atoms with Crippen LogP contribution in [0.4, 0.5) is 8.78 Å². The Balaban J connectivity index is 1.17. The standard InChI is InChI=1S/C32H32F2N4OS/c33-28-12-8-26(9-13-28)21-37(22-27-10-14-29(34)15-11-27)23-31-35-30(24-40-31)32(39)38-19-17-36(18-20-38)16-4-7-25-5-2-1-3-6-25/h1-15,24H,16-23H2/b7-4+. The minimum Gasteiger partial charge on any atom is -0.335 e. The van der Waals surface area contributed by atoms with E-state index in [2.05, 4.69) is 39.1 Å². The van der Waals surface area contributed by atoms with E-state index in [0.29, 0.717) is 38.4 Å². The summed E-state index contributed by atoms with van der Waals surface area (Å²) in [4.78, 5) is 24.3. The highest BCUT2D eigenvalue weighted by atomic mass is 32.1. The molecule has 206 valence electrons. The Morgan fingerprint density at radius 1 is 0.825 bits per heavy atom. The van der Waals surface area contributed by atoms with Gasteiger partial charge in [-0.15, -0.1) is 11.3 Å². The second-order valence-corrected chi connectivity index (χ2v) is 10.9. The maximum atomic E-state index is 13.4. The summed E-state index contributed by atoms with van der Waals surface area (Å²) in [5.41, 5.74) is 3.59. The molecule has 0 saturated carbocycles. The normalized spacial score (nSPS) is 14.3. The number of benzene rings is 3. The summed E-state index contributed by atoms with van der Waals surface area (Å²) in [6.07, 6.45) is 4.30. The summed E-state index contributed by atoms with van der Waals surface area (Å²) < 4.78 is 26.9. The minimum absolute atomic E-state index is 0.0365. The van der Waals surface area contributed by atoms with Crippen molar-refractivity contribution in [3.05, 3.63) is 129 Å². The number of carbonyl (C=O) groups excluding carboxylic acids is 1. The first-order valence-corrected chi connectivity index (χ1v) is 14.3. The largest absolute Gasteiger partial charge is 0.335 e. The van der Waals surface area contributed by atoms with Gasteiger partial charge in [-0.1, -0.05) is 66.7 Å². The van der Waals surface area contributed by atoms with E-state index in [1.807, 2.05) is 28.5 Å². The van der Waals surface area contributed by atoms with Gasteiger partial charge in [0.15, 0.2) is 0 Å². The van der Waals surface area contributed by atoms with Crippen LogP contribution < -0.4 is 0 Å². The van der Waals surface area contributed by atoms with Crippen LogP contribution in [0.5, 0.6) is 0 Å². The lowest BCUT2D eigenvalue weighted by Gasteiger charge is -2.33. The van der Waals surface area contributed by atoms with Crippen molar-refractivity contribution in [2.24, 2.45) is 0 Å². The smallest absolute Gasteiger partial charge is 0.273 e. The molecule has 1 aromatic heterocycles. The van der Waals surface area contributed by atoms with Crippen LogP contribution in [-0.4, -0.2) is 58.3 Å². The molecule has 1 amide bonds. The number of nitrogens with zero attached hydrogens (tertiary/aromatic N) is 4. The van der Waals surface area contributed by atoms with Gasteiger partial charge in [0.25, 0.3) is 5.91 Å². The maximum absolute atomic E-state index is 13.4. The van der Waals surface area contributed by atoms with Crippen molar-refractivity contribution in [3.63, 3.8) is 0 Å². The Morgan fingerprint density at radius 3 is 2.02 bits per heavy atom. The molecule has 3 aromatic carbocycles. The summed E-state index contributed by atoms with van der Waals surface area (Å²) in [7, 11) is 0. The van der Waals surface area contributed by atoms with Crippen molar-refractivity contribution < 1.29 is 13.6 Å². The molecule has 5 nitrogen and oxygen atoms in total. The van der Waals surface area contributed by atoms with E-state index in [1.165, 1.54) is 41.2 Å². The second kappa shape index (κ2) is 13.6. The van der Waals surface area contributed by atoms with Crippen LogP contribution in [0.2, 0.25) is 0 Å². The molecule has 0 N–H and O–H groups in total. The molecule has 5 rings (SSSR count). The highest BCUT2D eigenvalue weighted by molar-refractivity contribution is 7.09. The lowest BCUT2D eigenvalue weighted by molar-refractivity contribution is 0.0645. The molecule has 0 atom stereocenters. The third-order valence-corrected chi connectivity index (χ3v) is 7.74. The highest BCUT2D eigenvalue weighted by Crippen LogP contribution is 2.19. The fraction of sp³-hybridized carbons (Fsp3) is 0.250. The number of hydrogen-bond acceptors (Lipinski definition) is 5. The second-order valence-electron chi connectivity index (χ2n) is 9.93. The van der Waals surface area contributed by atoms with E-state index in [1.54, 1.807) is 24.3 Å². The Labute approximate surface area is 238 Å². The van der Waals surface area contributed by atoms with Crippen LogP contribution in [-0.2, 0) is 19.6 Å². The Hall–Kier alpha value is -3.72. The van der Waals surface area contributed by atoms with Crippen LogP contribution in [0.3, 0.4) is 0 Å². The molecule has 2 heterocycles. The van der Waals surface area contributed by atoms with E-state index in [4.69, 9.17) is 0 Å². The molecule has 1 aliphatic rings. The van der Waals surface area contributed by atoms with Crippen molar-refractivity contribution in [1.82, 2.24) is 19.7 Å². The summed E-state index contributed by atoms with van der Waals surface area (Å²) in [5, 5.41) is 2.66. The third kappa shape index (κ3) is 7.91. The number of thiazole rings is 1. The van der Waals surface area contributed by atoms with Crippen LogP contribution >= 0.6 is 11.3 Å². The molecule has 0 spiro atoms. The number of piperazine rings is 1. The summed E-state index contributed by atoms with van der Waals surface area (Å²) in [6.45, 7) is 5.51. The fourth-order valence-electron chi connectivity index (χ4n) is 4.73. The highest BCUT2D eigenvalue weighted by Gasteiger charge is 2.24. The van der Waals surface area contributed by atoms with Gasteiger partial charge in [0.1, 0.15) is 22.3 Å². The van der Waals surface area contributed by atoms with E-state index in [0.717, 1.165) is 35.8 Å². The minimum atomic E-state index is -0.276. The SMILES string of the molecule is O=C(c1csc(CN(Cc2ccc(F)cc2)Cc2ccc(F)cc2)n1)N1CCN(C/C=C/c2ccccc2)CC1. The van der Waals surface area contributed by atoms with Crippen LogP contribution in [0, 0.1) is 11.6 Å². The number of aromatic nitrogens is 1. The van der Waals surface area contributed by atoms with Gasteiger partial charge in [0.2, 0.25) is 0 Å². The van der Waals surface area contributed by atoms with Crippen LogP contribution in [0.25, 0.3) is 6.08 Å². The quantitative estimate of drug-likeness (QED) is 0.236. The van der Waals surface area contributed by atoms with Crippen molar-refractivity contribution in [3.8, 4) is 0 Å². The van der Waals surface area contributed by atoms with Crippen molar-refractivity contribution in [2.75, 3.05) is 32.7 Å². The fourth-order valence-corrected chi connectivity index (χ4v) is 5.54. The average molecular weight is 559 g/mol. The molecule has 1 saturated heterocycles. The first-order chi connectivity index (χ1) is 19.5. The van der Waals surface area contributed by atoms with E-state index in [-0.39, 0.29) is 17.5 Å². The zero-order chi connectivity index (χ0) is 27.7. The topological polar surface area (TPSA) is 39.7 Å². The number of carbonyl (C=O) groups is 1. The number of amides is 1. The first-order valence-electron chi connectivity index (χ1n) is 13.4. The van der Waals surface area contributed by atoms with Gasteiger partial charge < -0.3 is 4.90 Å². The predicted octanol–water partition coefficient (Wildman–Crippen LogP) is 6.09. The monoisotopic (exact) mass is 558 g/mol. The van der Waals surface area contributed by atoms with Crippen molar-refractivity contribution in [1.29, 1.82) is 0 Å². The third-order valence-electron chi connectivity index (χ3n) is 6.90. The lowest BCUT2D eigenvalue weighted by Crippen LogP contribution is -2.48. The average Bonchev–Trinajstić information content (AvgIpc) is 3.44. The summed E-state index contributed by atoms with van der Waals surface area (Å²) in [5.74, 6) is -0.589. The Kier molecular flexibility index (Phi) is 9.44. The van der Waals surface area contributed by atoms with Crippen LogP contribution in [0.15, 0.2) is 90.3 Å². The van der Waals surface area contributed by atoms with Gasteiger partial charge >= 0.3 is 0 Å². The summed E-state index contributed by atoms with van der Waals surface area (Å²) in [6, 6.07) is 23.1. The molecule has 0 unspecified atom stereocenters. The molecule has 8 heteroatoms. The predicted molar refractivity (Wildman–Crippen MR) is 156 cm³/mol. The molecule has 1 fully saturated rings. The van der Waals surface area contributed by atoms with Gasteiger partial charge in [0.05, 0.1) is 6.54 Å². The molecule has 0 bridgehead atoms. The molecular formula is C32H32F2N4OS. The zero-order valence-corrected chi connectivity index (χ0v) is 23.1. The van der Waals surface area contributed by atoms with Gasteiger partial charge in [0, 0.05) is 51.2 Å². The molecule has 1 aliphatic heterocycles. The molecule has 0 radical (unpaired) electrons. The number of hydrogen-bond donors (Lipinski definition) is 0. The van der Waals surface area contributed by atoms with E-state index < -0.39 is 0 Å². The molecule has 0 aliphatic carbocycles. The maximum Gasteiger partial charge on any atom is 0.273 e. The lowest BCUT2D eigenvalue weighted by atomic mass is 10.1. The molecule has 40 heavy (non-hydrogen) atoms. The first kappa shape index (κ1) is 27.8. The van der Waals surface area contributed by atoms with Crippen LogP contribution in [0.1, 0.15) is 32.2 Å². The van der Waals surface area contributed by atoms with Gasteiger partial charge in [-0.05, 0) is 41.0 Å². The molecule has 4 aromatic rings. The van der Waals surface area contributed by atoms with Crippen molar-refractivity contribution >= 4 is 23.3 Å². The summed E-state index contributed by atoms with van der Waals surface area (Å²) >= 11 is 1.47. The zero-order valence-electron chi connectivity index (χ0n) is 22.3. The molecular weight excluding hydrogens is 526 g/mol. The van der Waals surface area contributed by atoms with E-state index >= 15 is 0 Å². The Morgan fingerprint density at radius 2 is 1.43 bits per heavy atom. The van der Waals surface area contributed by atoms with Gasteiger partial charge in [-0.2, -0.15) is 0 Å². The van der Waals surface area contributed by atoms with E-state index in [9.17, 15) is 13.6 Å². The number of halogens is 2. The number of rotatable bonds is 10. The van der Waals surface area contributed by atoms with Gasteiger partial charge in [-0.3, -0.25) is 14.6 Å².